The van der Waals surface area contributed by atoms with E-state index in [1.54, 1.807) is 29.2 Å². The fourth-order valence-corrected chi connectivity index (χ4v) is 2.93. The van der Waals surface area contributed by atoms with E-state index in [9.17, 15) is 23.6 Å². The minimum absolute atomic E-state index is 0.117. The Morgan fingerprint density at radius 2 is 1.77 bits per heavy atom. The van der Waals surface area contributed by atoms with E-state index in [-0.39, 0.29) is 17.0 Å². The second-order valence-electron chi connectivity index (χ2n) is 6.67. The maximum atomic E-state index is 13.5. The van der Waals surface area contributed by atoms with Gasteiger partial charge < -0.3 is 9.64 Å². The van der Waals surface area contributed by atoms with Crippen LogP contribution in [0.4, 0.5) is 4.39 Å². The second kappa shape index (κ2) is 9.64. The maximum Gasteiger partial charge on any atom is 0.338 e. The first-order valence-electron chi connectivity index (χ1n) is 9.31. The van der Waals surface area contributed by atoms with E-state index in [2.05, 4.69) is 0 Å². The van der Waals surface area contributed by atoms with Gasteiger partial charge in [-0.3, -0.25) is 25.2 Å². The molecule has 1 fully saturated rings. The third-order valence-corrected chi connectivity index (χ3v) is 4.50. The Morgan fingerprint density at radius 1 is 1.03 bits per heavy atom. The molecule has 0 aliphatic carbocycles. The van der Waals surface area contributed by atoms with Crippen LogP contribution < -0.4 is 10.9 Å². The van der Waals surface area contributed by atoms with Gasteiger partial charge in [-0.1, -0.05) is 24.3 Å². The molecule has 0 radical (unpaired) electrons. The van der Waals surface area contributed by atoms with Crippen molar-refractivity contribution < 1.29 is 28.3 Å². The summed E-state index contributed by atoms with van der Waals surface area (Å²) in [6.07, 6.45) is 1.42. The SMILES string of the molecule is O=C(COC(=O)c1ccc(CN2CCCC2=O)cc1)NNC(=O)c1ccccc1F. The lowest BCUT2D eigenvalue weighted by molar-refractivity contribution is -0.128. The van der Waals surface area contributed by atoms with Crippen molar-refractivity contribution in [1.29, 1.82) is 0 Å². The zero-order valence-electron chi connectivity index (χ0n) is 16.0. The van der Waals surface area contributed by atoms with Crippen LogP contribution in [0.15, 0.2) is 48.5 Å². The van der Waals surface area contributed by atoms with E-state index in [0.29, 0.717) is 13.0 Å². The number of carbonyl (C=O) groups excluding carboxylic acids is 4. The summed E-state index contributed by atoms with van der Waals surface area (Å²) in [5.41, 5.74) is 4.99. The van der Waals surface area contributed by atoms with Crippen LogP contribution in [0, 0.1) is 5.82 Å². The molecule has 8 nitrogen and oxygen atoms in total. The number of hydrazine groups is 1. The zero-order chi connectivity index (χ0) is 21.5. The summed E-state index contributed by atoms with van der Waals surface area (Å²) in [7, 11) is 0. The van der Waals surface area contributed by atoms with Crippen molar-refractivity contribution in [2.45, 2.75) is 19.4 Å². The number of carbonyl (C=O) groups is 4. The lowest BCUT2D eigenvalue weighted by atomic mass is 10.1. The van der Waals surface area contributed by atoms with E-state index in [0.717, 1.165) is 24.6 Å². The van der Waals surface area contributed by atoms with Gasteiger partial charge in [0.2, 0.25) is 5.91 Å². The van der Waals surface area contributed by atoms with Crippen molar-refractivity contribution in [1.82, 2.24) is 15.8 Å². The molecule has 0 spiro atoms. The van der Waals surface area contributed by atoms with Gasteiger partial charge >= 0.3 is 5.97 Å². The monoisotopic (exact) mass is 413 g/mol. The molecule has 0 atom stereocenters. The average Bonchev–Trinajstić information content (AvgIpc) is 3.15. The van der Waals surface area contributed by atoms with Gasteiger partial charge in [-0.15, -0.1) is 0 Å². The third-order valence-electron chi connectivity index (χ3n) is 4.50. The molecular formula is C21H20FN3O5. The van der Waals surface area contributed by atoms with Crippen LogP contribution >= 0.6 is 0 Å². The molecule has 30 heavy (non-hydrogen) atoms. The summed E-state index contributed by atoms with van der Waals surface area (Å²) in [5, 5.41) is 0. The van der Waals surface area contributed by atoms with Crippen LogP contribution in [0.1, 0.15) is 39.1 Å². The van der Waals surface area contributed by atoms with E-state index in [1.807, 2.05) is 10.9 Å². The number of benzene rings is 2. The smallest absolute Gasteiger partial charge is 0.338 e. The summed E-state index contributed by atoms with van der Waals surface area (Å²) in [6, 6.07) is 11.8. The average molecular weight is 413 g/mol. The number of likely N-dealkylation sites (tertiary alicyclic amines) is 1. The summed E-state index contributed by atoms with van der Waals surface area (Å²) >= 11 is 0. The highest BCUT2D eigenvalue weighted by atomic mass is 19.1. The number of nitrogens with one attached hydrogen (secondary N) is 2. The van der Waals surface area contributed by atoms with Crippen LogP contribution in [-0.2, 0) is 20.9 Å². The fraction of sp³-hybridized carbons (Fsp3) is 0.238. The van der Waals surface area contributed by atoms with Gasteiger partial charge in [-0.05, 0) is 36.2 Å². The first kappa shape index (κ1) is 21.0. The van der Waals surface area contributed by atoms with E-state index < -0.39 is 30.2 Å². The standard InChI is InChI=1S/C21H20FN3O5/c22-17-5-2-1-4-16(17)20(28)24-23-18(26)13-30-21(29)15-9-7-14(8-10-15)12-25-11-3-6-19(25)27/h1-2,4-5,7-10H,3,6,11-13H2,(H,23,26)(H,24,28). The van der Waals surface area contributed by atoms with Crippen LogP contribution in [0.5, 0.6) is 0 Å². The van der Waals surface area contributed by atoms with Gasteiger partial charge in [0.15, 0.2) is 6.61 Å². The molecule has 3 rings (SSSR count). The molecule has 0 saturated carbocycles. The summed E-state index contributed by atoms with van der Waals surface area (Å²) in [5.74, 6) is -2.94. The molecule has 2 N–H and O–H groups in total. The third kappa shape index (κ3) is 5.40. The number of amides is 3. The van der Waals surface area contributed by atoms with Crippen molar-refractivity contribution in [2.75, 3.05) is 13.2 Å². The molecule has 2 aromatic rings. The Morgan fingerprint density at radius 3 is 2.43 bits per heavy atom. The summed E-state index contributed by atoms with van der Waals surface area (Å²) in [6.45, 7) is 0.587. The van der Waals surface area contributed by atoms with Gasteiger partial charge in [0.05, 0.1) is 11.1 Å². The largest absolute Gasteiger partial charge is 0.452 e. The van der Waals surface area contributed by atoms with Crippen LogP contribution in [0.25, 0.3) is 0 Å². The maximum absolute atomic E-state index is 13.5. The Balaban J connectivity index is 1.43. The van der Waals surface area contributed by atoms with Crippen LogP contribution in [-0.4, -0.2) is 41.7 Å². The molecule has 2 aromatic carbocycles. The molecule has 1 saturated heterocycles. The highest BCUT2D eigenvalue weighted by Crippen LogP contribution is 2.15. The number of hydrogen-bond acceptors (Lipinski definition) is 5. The normalized spacial score (nSPS) is 13.1. The Bertz CT molecular complexity index is 961. The summed E-state index contributed by atoms with van der Waals surface area (Å²) < 4.78 is 18.4. The van der Waals surface area contributed by atoms with Gasteiger partial charge in [0.25, 0.3) is 11.8 Å². The number of hydrogen-bond donors (Lipinski definition) is 2. The minimum atomic E-state index is -0.833. The molecule has 0 unspecified atom stereocenters. The van der Waals surface area contributed by atoms with Gasteiger partial charge in [-0.2, -0.15) is 0 Å². The van der Waals surface area contributed by atoms with E-state index in [1.165, 1.54) is 18.2 Å². The predicted molar refractivity (Wildman–Crippen MR) is 103 cm³/mol. The molecule has 0 bridgehead atoms. The zero-order valence-corrected chi connectivity index (χ0v) is 16.0. The van der Waals surface area contributed by atoms with Gasteiger partial charge in [0, 0.05) is 19.5 Å². The quantitative estimate of drug-likeness (QED) is 0.553. The highest BCUT2D eigenvalue weighted by Gasteiger charge is 2.20. The molecular weight excluding hydrogens is 393 g/mol. The molecule has 9 heteroatoms. The van der Waals surface area contributed by atoms with Crippen molar-refractivity contribution in [2.24, 2.45) is 0 Å². The Hall–Kier alpha value is -3.75. The number of rotatable bonds is 6. The fourth-order valence-electron chi connectivity index (χ4n) is 2.93. The summed E-state index contributed by atoms with van der Waals surface area (Å²) in [4.78, 5) is 49.0. The lowest BCUT2D eigenvalue weighted by Crippen LogP contribution is -2.43. The van der Waals surface area contributed by atoms with Crippen molar-refractivity contribution in [3.05, 3.63) is 71.0 Å². The minimum Gasteiger partial charge on any atom is -0.452 e. The number of halogens is 1. The Labute approximate surface area is 172 Å². The topological polar surface area (TPSA) is 105 Å². The molecule has 156 valence electrons. The Kier molecular flexibility index (Phi) is 6.74. The van der Waals surface area contributed by atoms with Crippen LogP contribution in [0.3, 0.4) is 0 Å². The van der Waals surface area contributed by atoms with Crippen molar-refractivity contribution in [3.8, 4) is 0 Å². The molecule has 0 aromatic heterocycles. The lowest BCUT2D eigenvalue weighted by Gasteiger charge is -2.15. The first-order chi connectivity index (χ1) is 14.4. The first-order valence-corrected chi connectivity index (χ1v) is 9.31. The predicted octanol–water partition coefficient (Wildman–Crippen LogP) is 1.57. The molecule has 1 aliphatic rings. The number of ether oxygens (including phenoxy) is 1. The number of nitrogens with zero attached hydrogens (tertiary/aromatic N) is 1. The second-order valence-corrected chi connectivity index (χ2v) is 6.67. The van der Waals surface area contributed by atoms with Gasteiger partial charge in [0.1, 0.15) is 5.82 Å². The molecule has 3 amide bonds. The van der Waals surface area contributed by atoms with Crippen molar-refractivity contribution in [3.63, 3.8) is 0 Å². The molecule has 1 heterocycles. The van der Waals surface area contributed by atoms with Crippen LogP contribution in [0.2, 0.25) is 0 Å². The van der Waals surface area contributed by atoms with E-state index >= 15 is 0 Å². The number of esters is 1. The highest BCUT2D eigenvalue weighted by molar-refractivity contribution is 5.96. The van der Waals surface area contributed by atoms with E-state index in [4.69, 9.17) is 4.74 Å². The van der Waals surface area contributed by atoms with Crippen molar-refractivity contribution >= 4 is 23.7 Å². The molecule has 1 aliphatic heterocycles. The van der Waals surface area contributed by atoms with Gasteiger partial charge in [-0.25, -0.2) is 9.18 Å².